The number of aliphatic carboxylic acids is 1. The largest absolute Gasteiger partial charge is 0.480 e. The summed E-state index contributed by atoms with van der Waals surface area (Å²) in [6.07, 6.45) is 1.04. The lowest BCUT2D eigenvalue weighted by molar-refractivity contribution is -0.148. The van der Waals surface area contributed by atoms with E-state index in [1.165, 1.54) is 5.56 Å². The van der Waals surface area contributed by atoms with Crippen molar-refractivity contribution in [3.8, 4) is 0 Å². The average Bonchev–Trinajstić information content (AvgIpc) is 2.87. The summed E-state index contributed by atoms with van der Waals surface area (Å²) >= 11 is 1.56. The number of rotatable bonds is 4. The van der Waals surface area contributed by atoms with E-state index in [0.717, 1.165) is 17.5 Å². The van der Waals surface area contributed by atoms with Gasteiger partial charge in [0.1, 0.15) is 6.04 Å². The number of thioether (sulfide) groups is 1. The van der Waals surface area contributed by atoms with Crippen molar-refractivity contribution >= 4 is 23.6 Å². The van der Waals surface area contributed by atoms with Crippen LogP contribution in [0.15, 0.2) is 18.2 Å². The molecule has 1 aromatic carbocycles. The molecule has 4 nitrogen and oxygen atoms in total. The van der Waals surface area contributed by atoms with Crippen LogP contribution in [0.5, 0.6) is 0 Å². The molecule has 2 rings (SSSR count). The molecule has 2 atom stereocenters. The predicted molar refractivity (Wildman–Crippen MR) is 84.4 cm³/mol. The maximum Gasteiger partial charge on any atom is 0.327 e. The van der Waals surface area contributed by atoms with Crippen LogP contribution in [0.25, 0.3) is 0 Å². The molecule has 1 saturated heterocycles. The van der Waals surface area contributed by atoms with Crippen molar-refractivity contribution in [2.45, 2.75) is 45.0 Å². The second-order valence-corrected chi connectivity index (χ2v) is 6.66. The fraction of sp³-hybridized carbons (Fsp3) is 0.500. The second kappa shape index (κ2) is 6.52. The van der Waals surface area contributed by atoms with E-state index in [1.807, 2.05) is 39.0 Å². The highest BCUT2D eigenvalue weighted by molar-refractivity contribution is 8.00. The van der Waals surface area contributed by atoms with Crippen LogP contribution < -0.4 is 0 Å². The standard InChI is InChI=1S/C16H21NO3S/c1-4-15-17(13(9-21-15)16(19)20)14(18)8-12-6-5-10(2)11(3)7-12/h5-7,13,15H,4,8-9H2,1-3H3,(H,19,20). The van der Waals surface area contributed by atoms with Crippen LogP contribution in [-0.2, 0) is 16.0 Å². The van der Waals surface area contributed by atoms with Gasteiger partial charge in [0.25, 0.3) is 0 Å². The van der Waals surface area contributed by atoms with E-state index < -0.39 is 12.0 Å². The molecular weight excluding hydrogens is 286 g/mol. The topological polar surface area (TPSA) is 57.6 Å². The molecule has 5 heteroatoms. The zero-order chi connectivity index (χ0) is 15.6. The molecule has 1 amide bonds. The molecule has 1 heterocycles. The van der Waals surface area contributed by atoms with E-state index in [0.29, 0.717) is 5.75 Å². The Balaban J connectivity index is 2.16. The highest BCUT2D eigenvalue weighted by Crippen LogP contribution is 2.32. The number of nitrogens with zero attached hydrogens (tertiary/aromatic N) is 1. The van der Waals surface area contributed by atoms with Gasteiger partial charge in [-0.2, -0.15) is 0 Å². The van der Waals surface area contributed by atoms with Crippen molar-refractivity contribution in [1.82, 2.24) is 4.90 Å². The van der Waals surface area contributed by atoms with Gasteiger partial charge in [-0.25, -0.2) is 4.79 Å². The molecular formula is C16H21NO3S. The number of hydrogen-bond acceptors (Lipinski definition) is 3. The fourth-order valence-corrected chi connectivity index (χ4v) is 3.95. The van der Waals surface area contributed by atoms with Gasteiger partial charge in [0.05, 0.1) is 11.8 Å². The minimum atomic E-state index is -0.910. The Morgan fingerprint density at radius 2 is 2.05 bits per heavy atom. The van der Waals surface area contributed by atoms with E-state index in [9.17, 15) is 14.7 Å². The summed E-state index contributed by atoms with van der Waals surface area (Å²) in [4.78, 5) is 25.4. The summed E-state index contributed by atoms with van der Waals surface area (Å²) in [6, 6.07) is 5.26. The van der Waals surface area contributed by atoms with Gasteiger partial charge < -0.3 is 10.0 Å². The highest BCUT2D eigenvalue weighted by atomic mass is 32.2. The van der Waals surface area contributed by atoms with E-state index in [2.05, 4.69) is 0 Å². The first-order valence-electron chi connectivity index (χ1n) is 7.15. The predicted octanol–water partition coefficient (Wildman–Crippen LogP) is 2.61. The first-order chi connectivity index (χ1) is 9.93. The molecule has 1 aromatic rings. The first kappa shape index (κ1) is 15.9. The van der Waals surface area contributed by atoms with Gasteiger partial charge in [-0.15, -0.1) is 11.8 Å². The molecule has 1 aliphatic rings. The van der Waals surface area contributed by atoms with Gasteiger partial charge in [-0.1, -0.05) is 25.1 Å². The highest BCUT2D eigenvalue weighted by Gasteiger charge is 2.40. The van der Waals surface area contributed by atoms with Crippen LogP contribution in [0, 0.1) is 13.8 Å². The maximum atomic E-state index is 12.5. The Bertz CT molecular complexity index is 558. The number of aryl methyl sites for hydroxylation is 2. The lowest BCUT2D eigenvalue weighted by Crippen LogP contribution is -2.46. The third-order valence-electron chi connectivity index (χ3n) is 3.94. The Kier molecular flexibility index (Phi) is 4.93. The molecule has 0 aromatic heterocycles. The molecule has 0 saturated carbocycles. The molecule has 2 unspecified atom stereocenters. The Hall–Kier alpha value is -1.49. The minimum absolute atomic E-state index is 0.0230. The molecule has 21 heavy (non-hydrogen) atoms. The van der Waals surface area contributed by atoms with E-state index >= 15 is 0 Å². The van der Waals surface area contributed by atoms with Crippen molar-refractivity contribution in [2.24, 2.45) is 0 Å². The summed E-state index contributed by atoms with van der Waals surface area (Å²) in [5.74, 6) is -0.527. The summed E-state index contributed by atoms with van der Waals surface area (Å²) in [5, 5.41) is 9.26. The van der Waals surface area contributed by atoms with Crippen molar-refractivity contribution < 1.29 is 14.7 Å². The number of carboxylic acids is 1. The van der Waals surface area contributed by atoms with E-state index in [4.69, 9.17) is 0 Å². The van der Waals surface area contributed by atoms with E-state index in [1.54, 1.807) is 16.7 Å². The average molecular weight is 307 g/mol. The number of amides is 1. The minimum Gasteiger partial charge on any atom is -0.480 e. The summed E-state index contributed by atoms with van der Waals surface area (Å²) in [5.41, 5.74) is 3.29. The Labute approximate surface area is 129 Å². The molecule has 1 fully saturated rings. The van der Waals surface area contributed by atoms with Gasteiger partial charge in [0, 0.05) is 5.75 Å². The number of carboxylic acid groups (broad SMARTS) is 1. The zero-order valence-corrected chi connectivity index (χ0v) is 13.4. The third-order valence-corrected chi connectivity index (χ3v) is 5.39. The van der Waals surface area contributed by atoms with Gasteiger partial charge >= 0.3 is 5.97 Å². The number of hydrogen-bond donors (Lipinski definition) is 1. The molecule has 0 aliphatic carbocycles. The number of benzene rings is 1. The van der Waals surface area contributed by atoms with E-state index in [-0.39, 0.29) is 17.7 Å². The molecule has 114 valence electrons. The summed E-state index contributed by atoms with van der Waals surface area (Å²) in [7, 11) is 0. The second-order valence-electron chi connectivity index (χ2n) is 5.45. The summed E-state index contributed by atoms with van der Waals surface area (Å²) < 4.78 is 0. The van der Waals surface area contributed by atoms with Crippen LogP contribution in [0.3, 0.4) is 0 Å². The molecule has 0 spiro atoms. The molecule has 0 radical (unpaired) electrons. The van der Waals surface area contributed by atoms with Crippen molar-refractivity contribution in [2.75, 3.05) is 5.75 Å². The van der Waals surface area contributed by atoms with Gasteiger partial charge in [-0.05, 0) is 37.0 Å². The van der Waals surface area contributed by atoms with Crippen molar-refractivity contribution in [3.63, 3.8) is 0 Å². The molecule has 0 bridgehead atoms. The normalized spacial score (nSPS) is 21.6. The van der Waals surface area contributed by atoms with Crippen LogP contribution >= 0.6 is 11.8 Å². The van der Waals surface area contributed by atoms with Gasteiger partial charge in [0.15, 0.2) is 0 Å². The number of carbonyl (C=O) groups is 2. The first-order valence-corrected chi connectivity index (χ1v) is 8.20. The molecule has 1 aliphatic heterocycles. The Morgan fingerprint density at radius 3 is 2.62 bits per heavy atom. The van der Waals surface area contributed by atoms with Crippen LogP contribution in [0.2, 0.25) is 0 Å². The lowest BCUT2D eigenvalue weighted by Gasteiger charge is -2.26. The number of carbonyl (C=O) groups excluding carboxylic acids is 1. The lowest BCUT2D eigenvalue weighted by atomic mass is 10.0. The zero-order valence-electron chi connectivity index (χ0n) is 12.6. The SMILES string of the molecule is CCC1SCC(C(=O)O)N1C(=O)Cc1ccc(C)c(C)c1. The molecule has 1 N–H and O–H groups in total. The third kappa shape index (κ3) is 3.40. The Morgan fingerprint density at radius 1 is 1.33 bits per heavy atom. The monoisotopic (exact) mass is 307 g/mol. The quantitative estimate of drug-likeness (QED) is 0.929. The van der Waals surface area contributed by atoms with Crippen LogP contribution in [0.1, 0.15) is 30.0 Å². The maximum absolute atomic E-state index is 12.5. The van der Waals surface area contributed by atoms with Crippen LogP contribution in [0.4, 0.5) is 0 Å². The summed E-state index contributed by atoms with van der Waals surface area (Å²) in [6.45, 7) is 6.04. The van der Waals surface area contributed by atoms with Crippen molar-refractivity contribution in [3.05, 3.63) is 34.9 Å². The van der Waals surface area contributed by atoms with Crippen molar-refractivity contribution in [1.29, 1.82) is 0 Å². The smallest absolute Gasteiger partial charge is 0.327 e. The van der Waals surface area contributed by atoms with Gasteiger partial charge in [0.2, 0.25) is 5.91 Å². The fourth-order valence-electron chi connectivity index (χ4n) is 2.58. The van der Waals surface area contributed by atoms with Crippen LogP contribution in [-0.4, -0.2) is 39.1 Å². The van der Waals surface area contributed by atoms with Gasteiger partial charge in [-0.3, -0.25) is 4.79 Å².